The first-order chi connectivity index (χ1) is 9.20. The average Bonchev–Trinajstić information content (AvgIpc) is 2.93. The molecule has 1 aliphatic rings. The Morgan fingerprint density at radius 1 is 1.53 bits per heavy atom. The van der Waals surface area contributed by atoms with Gasteiger partial charge in [0.1, 0.15) is 12.2 Å². The van der Waals surface area contributed by atoms with Gasteiger partial charge in [-0.2, -0.15) is 5.10 Å². The van der Waals surface area contributed by atoms with Crippen LogP contribution in [0.1, 0.15) is 51.9 Å². The van der Waals surface area contributed by atoms with Crippen molar-refractivity contribution < 1.29 is 0 Å². The van der Waals surface area contributed by atoms with Crippen molar-refractivity contribution in [2.45, 2.75) is 52.1 Å². The number of nitrogens with one attached hydrogen (secondary N) is 2. The Kier molecular flexibility index (Phi) is 5.34. The van der Waals surface area contributed by atoms with E-state index in [1.807, 2.05) is 0 Å². The van der Waals surface area contributed by atoms with E-state index in [4.69, 9.17) is 0 Å². The van der Waals surface area contributed by atoms with Gasteiger partial charge >= 0.3 is 0 Å². The second kappa shape index (κ2) is 7.01. The largest absolute Gasteiger partial charge is 0.305 e. The van der Waals surface area contributed by atoms with Crippen LogP contribution in [0.2, 0.25) is 0 Å². The van der Waals surface area contributed by atoms with E-state index in [-0.39, 0.29) is 6.04 Å². The summed E-state index contributed by atoms with van der Waals surface area (Å²) in [6.07, 6.45) is 5.48. The summed E-state index contributed by atoms with van der Waals surface area (Å²) in [7, 11) is 0. The van der Waals surface area contributed by atoms with Crippen molar-refractivity contribution in [2.75, 3.05) is 19.6 Å². The SMILES string of the molecule is CCCN1CCCC(C(C)NC(C)c2ncn[nH]2)C1. The smallest absolute Gasteiger partial charge is 0.141 e. The molecule has 2 N–H and O–H groups in total. The molecule has 2 heterocycles. The van der Waals surface area contributed by atoms with E-state index in [0.29, 0.717) is 6.04 Å². The molecule has 1 aromatic heterocycles. The zero-order valence-corrected chi connectivity index (χ0v) is 12.4. The molecule has 0 aromatic carbocycles. The Morgan fingerprint density at radius 3 is 3.05 bits per heavy atom. The van der Waals surface area contributed by atoms with E-state index in [1.165, 1.54) is 38.9 Å². The third-order valence-corrected chi connectivity index (χ3v) is 4.15. The molecule has 0 bridgehead atoms. The highest BCUT2D eigenvalue weighted by atomic mass is 15.2. The highest BCUT2D eigenvalue weighted by molar-refractivity contribution is 4.91. The Hall–Kier alpha value is -0.940. The van der Waals surface area contributed by atoms with E-state index < -0.39 is 0 Å². The Balaban J connectivity index is 1.83. The van der Waals surface area contributed by atoms with E-state index in [1.54, 1.807) is 6.33 Å². The zero-order chi connectivity index (χ0) is 13.7. The fourth-order valence-corrected chi connectivity index (χ4v) is 3.05. The van der Waals surface area contributed by atoms with E-state index in [2.05, 4.69) is 46.2 Å². The highest BCUT2D eigenvalue weighted by Crippen LogP contribution is 2.21. The number of hydrogen-bond acceptors (Lipinski definition) is 4. The van der Waals surface area contributed by atoms with Crippen molar-refractivity contribution in [1.82, 2.24) is 25.4 Å². The van der Waals surface area contributed by atoms with Gasteiger partial charge in [-0.15, -0.1) is 0 Å². The van der Waals surface area contributed by atoms with Gasteiger partial charge in [0.05, 0.1) is 6.04 Å². The van der Waals surface area contributed by atoms with E-state index in [0.717, 1.165) is 11.7 Å². The van der Waals surface area contributed by atoms with E-state index in [9.17, 15) is 0 Å². The number of likely N-dealkylation sites (tertiary alicyclic amines) is 1. The first-order valence-electron chi connectivity index (χ1n) is 7.54. The topological polar surface area (TPSA) is 56.8 Å². The van der Waals surface area contributed by atoms with Gasteiger partial charge in [0, 0.05) is 12.6 Å². The monoisotopic (exact) mass is 265 g/mol. The number of aromatic nitrogens is 3. The molecule has 0 saturated carbocycles. The molecule has 108 valence electrons. The lowest BCUT2D eigenvalue weighted by Gasteiger charge is -2.36. The quantitative estimate of drug-likeness (QED) is 0.825. The minimum absolute atomic E-state index is 0.235. The second-order valence-corrected chi connectivity index (χ2v) is 5.75. The first-order valence-corrected chi connectivity index (χ1v) is 7.54. The third-order valence-electron chi connectivity index (χ3n) is 4.15. The van der Waals surface area contributed by atoms with Crippen LogP contribution in [0.15, 0.2) is 6.33 Å². The van der Waals surface area contributed by atoms with Crippen molar-refractivity contribution in [2.24, 2.45) is 5.92 Å². The van der Waals surface area contributed by atoms with Crippen molar-refractivity contribution in [3.05, 3.63) is 12.2 Å². The molecule has 1 aliphatic heterocycles. The van der Waals surface area contributed by atoms with Gasteiger partial charge in [0.2, 0.25) is 0 Å². The van der Waals surface area contributed by atoms with Crippen molar-refractivity contribution in [1.29, 1.82) is 0 Å². The van der Waals surface area contributed by atoms with Crippen LogP contribution in [0, 0.1) is 5.92 Å². The summed E-state index contributed by atoms with van der Waals surface area (Å²) in [6.45, 7) is 10.4. The number of rotatable bonds is 6. The standard InChI is InChI=1S/C14H27N5/c1-4-7-19-8-5-6-13(9-19)11(2)17-12(3)14-15-10-16-18-14/h10-13,17H,4-9H2,1-3H3,(H,15,16,18). The maximum absolute atomic E-state index is 4.22. The number of H-pyrrole nitrogens is 1. The molecule has 19 heavy (non-hydrogen) atoms. The molecule has 1 saturated heterocycles. The number of aromatic amines is 1. The molecule has 3 unspecified atom stereocenters. The summed E-state index contributed by atoms with van der Waals surface area (Å²) in [4.78, 5) is 6.82. The number of hydrogen-bond donors (Lipinski definition) is 2. The van der Waals surface area contributed by atoms with Crippen LogP contribution in [-0.2, 0) is 0 Å². The Labute approximate surface area is 116 Å². The van der Waals surface area contributed by atoms with Crippen LogP contribution >= 0.6 is 0 Å². The lowest BCUT2D eigenvalue weighted by atomic mass is 9.91. The normalized spacial score (nSPS) is 24.3. The summed E-state index contributed by atoms with van der Waals surface area (Å²) in [5, 5.41) is 10.5. The predicted molar refractivity (Wildman–Crippen MR) is 76.9 cm³/mol. The van der Waals surface area contributed by atoms with Gasteiger partial charge in [-0.05, 0) is 52.1 Å². The minimum Gasteiger partial charge on any atom is -0.305 e. The molecule has 1 fully saturated rings. The van der Waals surface area contributed by atoms with Crippen LogP contribution in [0.4, 0.5) is 0 Å². The highest BCUT2D eigenvalue weighted by Gasteiger charge is 2.25. The van der Waals surface area contributed by atoms with Gasteiger partial charge in [0.25, 0.3) is 0 Å². The summed E-state index contributed by atoms with van der Waals surface area (Å²) >= 11 is 0. The van der Waals surface area contributed by atoms with Crippen LogP contribution in [0.5, 0.6) is 0 Å². The lowest BCUT2D eigenvalue weighted by molar-refractivity contribution is 0.147. The summed E-state index contributed by atoms with van der Waals surface area (Å²) in [5.41, 5.74) is 0. The van der Waals surface area contributed by atoms with Gasteiger partial charge in [-0.3, -0.25) is 5.10 Å². The summed E-state index contributed by atoms with van der Waals surface area (Å²) in [6, 6.07) is 0.749. The molecular weight excluding hydrogens is 238 g/mol. The first kappa shape index (κ1) is 14.5. The van der Waals surface area contributed by atoms with Crippen LogP contribution < -0.4 is 5.32 Å². The molecule has 2 rings (SSSR count). The van der Waals surface area contributed by atoms with Crippen molar-refractivity contribution >= 4 is 0 Å². The van der Waals surface area contributed by atoms with Crippen LogP contribution in [0.3, 0.4) is 0 Å². The van der Waals surface area contributed by atoms with Crippen molar-refractivity contribution in [3.8, 4) is 0 Å². The molecule has 1 aromatic rings. The molecule has 0 spiro atoms. The number of nitrogens with zero attached hydrogens (tertiary/aromatic N) is 3. The van der Waals surface area contributed by atoms with Gasteiger partial charge < -0.3 is 10.2 Å². The summed E-state index contributed by atoms with van der Waals surface area (Å²) < 4.78 is 0. The van der Waals surface area contributed by atoms with Gasteiger partial charge in [-0.1, -0.05) is 6.92 Å². The second-order valence-electron chi connectivity index (χ2n) is 5.75. The fraction of sp³-hybridized carbons (Fsp3) is 0.857. The maximum Gasteiger partial charge on any atom is 0.141 e. The molecule has 0 aliphatic carbocycles. The average molecular weight is 265 g/mol. The number of piperidine rings is 1. The van der Waals surface area contributed by atoms with Crippen LogP contribution in [-0.4, -0.2) is 45.8 Å². The Morgan fingerprint density at radius 2 is 2.37 bits per heavy atom. The van der Waals surface area contributed by atoms with Gasteiger partial charge in [-0.25, -0.2) is 4.98 Å². The fourth-order valence-electron chi connectivity index (χ4n) is 3.05. The van der Waals surface area contributed by atoms with Gasteiger partial charge in [0.15, 0.2) is 0 Å². The molecular formula is C14H27N5. The Bertz CT molecular complexity index is 349. The molecule has 5 nitrogen and oxygen atoms in total. The molecule has 0 radical (unpaired) electrons. The minimum atomic E-state index is 0.235. The molecule has 0 amide bonds. The summed E-state index contributed by atoms with van der Waals surface area (Å²) in [5.74, 6) is 1.67. The van der Waals surface area contributed by atoms with Crippen LogP contribution in [0.25, 0.3) is 0 Å². The maximum atomic E-state index is 4.22. The third kappa shape index (κ3) is 4.01. The molecule has 3 atom stereocenters. The zero-order valence-electron chi connectivity index (χ0n) is 12.4. The van der Waals surface area contributed by atoms with E-state index >= 15 is 0 Å². The van der Waals surface area contributed by atoms with Crippen molar-refractivity contribution in [3.63, 3.8) is 0 Å². The lowest BCUT2D eigenvalue weighted by Crippen LogP contribution is -2.45. The molecule has 5 heteroatoms. The predicted octanol–water partition coefficient (Wildman–Crippen LogP) is 1.97.